The van der Waals surface area contributed by atoms with Gasteiger partial charge in [-0.1, -0.05) is 31.6 Å². The molecular formula is C16H24N2. The van der Waals surface area contributed by atoms with Crippen LogP contribution in [0.2, 0.25) is 0 Å². The molecule has 98 valence electrons. The van der Waals surface area contributed by atoms with Crippen LogP contribution in [-0.2, 0) is 6.42 Å². The Morgan fingerprint density at radius 2 is 2.22 bits per heavy atom. The van der Waals surface area contributed by atoms with E-state index in [1.54, 1.807) is 0 Å². The van der Waals surface area contributed by atoms with E-state index in [0.29, 0.717) is 0 Å². The third-order valence-electron chi connectivity index (χ3n) is 3.66. The highest BCUT2D eigenvalue weighted by molar-refractivity contribution is 5.64. The van der Waals surface area contributed by atoms with Gasteiger partial charge in [-0.25, -0.2) is 0 Å². The predicted molar refractivity (Wildman–Crippen MR) is 80.2 cm³/mol. The maximum absolute atomic E-state index is 3.40. The van der Waals surface area contributed by atoms with Gasteiger partial charge in [0.25, 0.3) is 0 Å². The standard InChI is InChI=1S/C16H24N2/c1-4-13(12-17-5-2)10-14-6-7-16-15(11-14)8-9-18(16)3/h6-7,10-11,17H,4-5,8-9,12H2,1-3H3. The van der Waals surface area contributed by atoms with Gasteiger partial charge in [0.05, 0.1) is 0 Å². The van der Waals surface area contributed by atoms with Crippen molar-refractivity contribution in [2.45, 2.75) is 26.7 Å². The Hall–Kier alpha value is -1.28. The zero-order valence-corrected chi connectivity index (χ0v) is 11.8. The van der Waals surface area contributed by atoms with Crippen LogP contribution in [-0.4, -0.2) is 26.7 Å². The van der Waals surface area contributed by atoms with Gasteiger partial charge in [-0.2, -0.15) is 0 Å². The van der Waals surface area contributed by atoms with E-state index in [4.69, 9.17) is 0 Å². The average Bonchev–Trinajstić information content (AvgIpc) is 2.76. The Morgan fingerprint density at radius 3 is 2.94 bits per heavy atom. The summed E-state index contributed by atoms with van der Waals surface area (Å²) in [5.74, 6) is 0. The van der Waals surface area contributed by atoms with E-state index in [-0.39, 0.29) is 0 Å². The molecule has 18 heavy (non-hydrogen) atoms. The number of benzene rings is 1. The molecule has 0 bridgehead atoms. The highest BCUT2D eigenvalue weighted by Gasteiger charge is 2.14. The summed E-state index contributed by atoms with van der Waals surface area (Å²) >= 11 is 0. The van der Waals surface area contributed by atoms with Gasteiger partial charge >= 0.3 is 0 Å². The SMILES string of the molecule is CCNCC(=Cc1ccc2c(c1)CCN2C)CC. The minimum Gasteiger partial charge on any atom is -0.374 e. The fourth-order valence-electron chi connectivity index (χ4n) is 2.48. The first-order valence-electron chi connectivity index (χ1n) is 6.98. The lowest BCUT2D eigenvalue weighted by molar-refractivity contribution is 0.762. The van der Waals surface area contributed by atoms with Crippen molar-refractivity contribution in [3.63, 3.8) is 0 Å². The van der Waals surface area contributed by atoms with Gasteiger partial charge in [0.2, 0.25) is 0 Å². The Bertz CT molecular complexity index is 435. The second-order valence-corrected chi connectivity index (χ2v) is 5.00. The summed E-state index contributed by atoms with van der Waals surface area (Å²) in [5.41, 5.74) is 5.71. The molecule has 0 spiro atoms. The summed E-state index contributed by atoms with van der Waals surface area (Å²) in [6.45, 7) is 7.57. The minimum atomic E-state index is 1.00. The average molecular weight is 244 g/mol. The molecule has 0 aromatic heterocycles. The Kier molecular flexibility index (Phi) is 4.43. The van der Waals surface area contributed by atoms with Crippen molar-refractivity contribution >= 4 is 11.8 Å². The molecule has 0 amide bonds. The molecule has 0 atom stereocenters. The molecule has 1 N–H and O–H groups in total. The lowest BCUT2D eigenvalue weighted by Crippen LogP contribution is -2.15. The van der Waals surface area contributed by atoms with E-state index < -0.39 is 0 Å². The summed E-state index contributed by atoms with van der Waals surface area (Å²) in [4.78, 5) is 2.34. The van der Waals surface area contributed by atoms with Crippen molar-refractivity contribution in [3.8, 4) is 0 Å². The monoisotopic (exact) mass is 244 g/mol. The van der Waals surface area contributed by atoms with Gasteiger partial charge < -0.3 is 10.2 Å². The first-order valence-corrected chi connectivity index (χ1v) is 6.98. The molecule has 0 radical (unpaired) electrons. The zero-order valence-electron chi connectivity index (χ0n) is 11.8. The van der Waals surface area contributed by atoms with E-state index in [9.17, 15) is 0 Å². The number of anilines is 1. The number of hydrogen-bond acceptors (Lipinski definition) is 2. The smallest absolute Gasteiger partial charge is 0.0397 e. The van der Waals surface area contributed by atoms with Gasteiger partial charge in [0, 0.05) is 25.8 Å². The van der Waals surface area contributed by atoms with Gasteiger partial charge in [-0.3, -0.25) is 0 Å². The lowest BCUT2D eigenvalue weighted by atomic mass is 10.0. The quantitative estimate of drug-likeness (QED) is 0.856. The highest BCUT2D eigenvalue weighted by Crippen LogP contribution is 2.28. The Balaban J connectivity index is 2.16. The predicted octanol–water partition coefficient (Wildman–Crippen LogP) is 3.08. The molecule has 0 aliphatic carbocycles. The van der Waals surface area contributed by atoms with Crippen LogP contribution in [0.25, 0.3) is 6.08 Å². The van der Waals surface area contributed by atoms with Crippen LogP contribution in [0.5, 0.6) is 0 Å². The van der Waals surface area contributed by atoms with Crippen molar-refractivity contribution in [3.05, 3.63) is 34.9 Å². The summed E-state index contributed by atoms with van der Waals surface area (Å²) in [7, 11) is 2.17. The molecule has 2 nitrogen and oxygen atoms in total. The number of likely N-dealkylation sites (N-methyl/N-ethyl adjacent to an activating group) is 2. The fourth-order valence-corrected chi connectivity index (χ4v) is 2.48. The minimum absolute atomic E-state index is 1.00. The molecule has 2 heteroatoms. The topological polar surface area (TPSA) is 15.3 Å². The van der Waals surface area contributed by atoms with Crippen LogP contribution >= 0.6 is 0 Å². The van der Waals surface area contributed by atoms with Gasteiger partial charge in [0.15, 0.2) is 0 Å². The summed E-state index contributed by atoms with van der Waals surface area (Å²) in [6.07, 6.45) is 4.63. The van der Waals surface area contributed by atoms with Crippen LogP contribution in [0, 0.1) is 0 Å². The molecule has 1 aliphatic rings. The zero-order chi connectivity index (χ0) is 13.0. The number of nitrogens with zero attached hydrogens (tertiary/aromatic N) is 1. The van der Waals surface area contributed by atoms with Gasteiger partial charge in [-0.05, 0) is 42.6 Å². The number of fused-ring (bicyclic) bond motifs is 1. The number of rotatable bonds is 5. The third-order valence-corrected chi connectivity index (χ3v) is 3.66. The summed E-state index contributed by atoms with van der Waals surface area (Å²) in [5, 5.41) is 3.40. The highest BCUT2D eigenvalue weighted by atomic mass is 15.1. The van der Waals surface area contributed by atoms with E-state index in [0.717, 1.165) is 26.1 Å². The van der Waals surface area contributed by atoms with Crippen LogP contribution in [0.1, 0.15) is 31.4 Å². The Morgan fingerprint density at radius 1 is 1.39 bits per heavy atom. The molecule has 1 aromatic carbocycles. The summed E-state index contributed by atoms with van der Waals surface area (Å²) < 4.78 is 0. The van der Waals surface area contributed by atoms with E-state index in [1.165, 1.54) is 28.8 Å². The van der Waals surface area contributed by atoms with Crippen molar-refractivity contribution in [2.24, 2.45) is 0 Å². The third kappa shape index (κ3) is 2.94. The maximum Gasteiger partial charge on any atom is 0.0397 e. The van der Waals surface area contributed by atoms with E-state index >= 15 is 0 Å². The molecule has 0 fully saturated rings. The Labute approximate surface area is 111 Å². The first kappa shape index (κ1) is 13.2. The molecule has 1 aromatic rings. The second kappa shape index (κ2) is 6.05. The van der Waals surface area contributed by atoms with Crippen molar-refractivity contribution in [1.29, 1.82) is 0 Å². The lowest BCUT2D eigenvalue weighted by Gasteiger charge is -2.12. The maximum atomic E-state index is 3.40. The van der Waals surface area contributed by atoms with Gasteiger partial charge in [0.1, 0.15) is 0 Å². The molecule has 1 heterocycles. The van der Waals surface area contributed by atoms with Crippen molar-refractivity contribution < 1.29 is 0 Å². The van der Waals surface area contributed by atoms with Gasteiger partial charge in [-0.15, -0.1) is 0 Å². The molecule has 1 aliphatic heterocycles. The first-order chi connectivity index (χ1) is 8.74. The van der Waals surface area contributed by atoms with Crippen LogP contribution in [0.4, 0.5) is 5.69 Å². The van der Waals surface area contributed by atoms with E-state index in [1.807, 2.05) is 0 Å². The number of hydrogen-bond donors (Lipinski definition) is 1. The molecule has 0 saturated carbocycles. The largest absolute Gasteiger partial charge is 0.374 e. The van der Waals surface area contributed by atoms with Crippen LogP contribution in [0.15, 0.2) is 23.8 Å². The summed E-state index contributed by atoms with van der Waals surface area (Å²) in [6, 6.07) is 6.84. The normalized spacial score (nSPS) is 15.1. The van der Waals surface area contributed by atoms with Crippen LogP contribution < -0.4 is 10.2 Å². The number of nitrogens with one attached hydrogen (secondary N) is 1. The fraction of sp³-hybridized carbons (Fsp3) is 0.500. The van der Waals surface area contributed by atoms with Crippen molar-refractivity contribution in [2.75, 3.05) is 31.6 Å². The molecular weight excluding hydrogens is 220 g/mol. The van der Waals surface area contributed by atoms with Crippen LogP contribution in [0.3, 0.4) is 0 Å². The molecule has 0 saturated heterocycles. The molecule has 0 unspecified atom stereocenters. The second-order valence-electron chi connectivity index (χ2n) is 5.00. The van der Waals surface area contributed by atoms with Crippen molar-refractivity contribution in [1.82, 2.24) is 5.32 Å². The van der Waals surface area contributed by atoms with E-state index in [2.05, 4.69) is 55.4 Å². The molecule has 2 rings (SSSR count).